The van der Waals surface area contributed by atoms with Crippen molar-refractivity contribution in [2.24, 2.45) is 0 Å². The summed E-state index contributed by atoms with van der Waals surface area (Å²) in [6, 6.07) is 7.85. The second kappa shape index (κ2) is 6.30. The van der Waals surface area contributed by atoms with Gasteiger partial charge in [-0.25, -0.2) is 4.39 Å². The summed E-state index contributed by atoms with van der Waals surface area (Å²) in [5, 5.41) is 3.49. The van der Waals surface area contributed by atoms with Crippen LogP contribution in [0.2, 0.25) is 0 Å². The van der Waals surface area contributed by atoms with Crippen LogP contribution in [0.15, 0.2) is 24.3 Å². The van der Waals surface area contributed by atoms with Gasteiger partial charge in [-0.3, -0.25) is 4.90 Å². The lowest BCUT2D eigenvalue weighted by atomic mass is 10.0. The molecule has 1 N–H and O–H groups in total. The van der Waals surface area contributed by atoms with Gasteiger partial charge in [0.1, 0.15) is 5.82 Å². The lowest BCUT2D eigenvalue weighted by Crippen LogP contribution is -2.39. The molecule has 0 radical (unpaired) electrons. The highest BCUT2D eigenvalue weighted by Gasteiger charge is 2.20. The molecular formula is C15H23FN2. The van der Waals surface area contributed by atoms with Crippen molar-refractivity contribution in [3.05, 3.63) is 35.6 Å². The molecule has 3 heteroatoms. The fraction of sp³-hybridized carbons (Fsp3) is 0.600. The maximum absolute atomic E-state index is 13.8. The van der Waals surface area contributed by atoms with Crippen molar-refractivity contribution in [3.63, 3.8) is 0 Å². The Morgan fingerprint density at radius 1 is 1.33 bits per heavy atom. The molecule has 1 aliphatic rings. The minimum Gasteiger partial charge on any atom is -0.314 e. The molecule has 1 aromatic carbocycles. The van der Waals surface area contributed by atoms with Crippen LogP contribution in [0.4, 0.5) is 4.39 Å². The van der Waals surface area contributed by atoms with Crippen LogP contribution < -0.4 is 5.32 Å². The molecule has 1 aromatic rings. The molecule has 1 fully saturated rings. The van der Waals surface area contributed by atoms with Crippen LogP contribution in [0, 0.1) is 5.82 Å². The third-order valence-electron chi connectivity index (χ3n) is 3.87. The first-order valence-electron chi connectivity index (χ1n) is 6.90. The van der Waals surface area contributed by atoms with Gasteiger partial charge >= 0.3 is 0 Å². The van der Waals surface area contributed by atoms with Crippen LogP contribution in [0.25, 0.3) is 0 Å². The van der Waals surface area contributed by atoms with Gasteiger partial charge in [0.15, 0.2) is 0 Å². The molecular weight excluding hydrogens is 227 g/mol. The molecule has 2 atom stereocenters. The van der Waals surface area contributed by atoms with E-state index >= 15 is 0 Å². The zero-order valence-corrected chi connectivity index (χ0v) is 11.3. The van der Waals surface area contributed by atoms with Crippen LogP contribution in [0.1, 0.15) is 38.3 Å². The third-order valence-corrected chi connectivity index (χ3v) is 3.87. The lowest BCUT2D eigenvalue weighted by molar-refractivity contribution is 0.182. The second-order valence-corrected chi connectivity index (χ2v) is 5.23. The maximum Gasteiger partial charge on any atom is 0.127 e. The average molecular weight is 250 g/mol. The van der Waals surface area contributed by atoms with Gasteiger partial charge in [-0.1, -0.05) is 18.2 Å². The van der Waals surface area contributed by atoms with E-state index in [4.69, 9.17) is 0 Å². The molecule has 18 heavy (non-hydrogen) atoms. The Kier molecular flexibility index (Phi) is 4.72. The van der Waals surface area contributed by atoms with Gasteiger partial charge in [0, 0.05) is 24.2 Å². The number of halogens is 1. The number of nitrogens with zero attached hydrogens (tertiary/aromatic N) is 1. The van der Waals surface area contributed by atoms with Crippen LogP contribution in [-0.2, 0) is 0 Å². The number of hydrogen-bond donors (Lipinski definition) is 1. The maximum atomic E-state index is 13.8. The molecule has 2 rings (SSSR count). The summed E-state index contributed by atoms with van der Waals surface area (Å²) < 4.78 is 13.8. The summed E-state index contributed by atoms with van der Waals surface area (Å²) >= 11 is 0. The van der Waals surface area contributed by atoms with E-state index in [1.165, 1.54) is 0 Å². The molecule has 1 aliphatic heterocycles. The molecule has 2 nitrogen and oxygen atoms in total. The van der Waals surface area contributed by atoms with E-state index in [1.807, 2.05) is 12.1 Å². The van der Waals surface area contributed by atoms with Gasteiger partial charge in [0.05, 0.1) is 0 Å². The third kappa shape index (κ3) is 3.30. The van der Waals surface area contributed by atoms with E-state index < -0.39 is 0 Å². The Morgan fingerprint density at radius 2 is 2.11 bits per heavy atom. The van der Waals surface area contributed by atoms with E-state index in [9.17, 15) is 4.39 Å². The summed E-state index contributed by atoms with van der Waals surface area (Å²) in [6.07, 6.45) is 2.25. The minimum absolute atomic E-state index is 0.0850. The highest BCUT2D eigenvalue weighted by molar-refractivity contribution is 5.20. The molecule has 2 unspecified atom stereocenters. The first-order valence-corrected chi connectivity index (χ1v) is 6.90. The standard InChI is InChI=1S/C15H23FN2/c1-12-8-11-18(10-5-9-17-12)13(2)14-6-3-4-7-15(14)16/h3-4,6-7,12-13,17H,5,8-11H2,1-2H3. The largest absolute Gasteiger partial charge is 0.314 e. The predicted molar refractivity (Wildman–Crippen MR) is 73.1 cm³/mol. The van der Waals surface area contributed by atoms with Crippen LogP contribution in [-0.4, -0.2) is 30.6 Å². The molecule has 0 saturated carbocycles. The van der Waals surface area contributed by atoms with Gasteiger partial charge < -0.3 is 5.32 Å². The van der Waals surface area contributed by atoms with Crippen molar-refractivity contribution in [3.8, 4) is 0 Å². The van der Waals surface area contributed by atoms with Gasteiger partial charge in [-0.15, -0.1) is 0 Å². The van der Waals surface area contributed by atoms with Crippen LogP contribution in [0.5, 0.6) is 0 Å². The topological polar surface area (TPSA) is 15.3 Å². The van der Waals surface area contributed by atoms with Gasteiger partial charge in [-0.2, -0.15) is 0 Å². The van der Waals surface area contributed by atoms with Gasteiger partial charge in [0.25, 0.3) is 0 Å². The Labute approximate surface area is 109 Å². The first-order chi connectivity index (χ1) is 8.68. The number of nitrogens with one attached hydrogen (secondary N) is 1. The summed E-state index contributed by atoms with van der Waals surface area (Å²) in [5.41, 5.74) is 0.818. The smallest absolute Gasteiger partial charge is 0.127 e. The molecule has 0 aromatic heterocycles. The Morgan fingerprint density at radius 3 is 2.89 bits per heavy atom. The fourth-order valence-electron chi connectivity index (χ4n) is 2.60. The number of benzene rings is 1. The summed E-state index contributed by atoms with van der Waals surface area (Å²) in [5.74, 6) is -0.0850. The van der Waals surface area contributed by atoms with Crippen molar-refractivity contribution < 1.29 is 4.39 Å². The van der Waals surface area contributed by atoms with Crippen molar-refractivity contribution in [2.45, 2.75) is 38.8 Å². The highest BCUT2D eigenvalue weighted by atomic mass is 19.1. The Bertz CT molecular complexity index is 381. The van der Waals surface area contributed by atoms with Crippen molar-refractivity contribution in [2.75, 3.05) is 19.6 Å². The first kappa shape index (κ1) is 13.5. The SMILES string of the molecule is CC1CCN(C(C)c2ccccc2F)CCCN1. The van der Waals surface area contributed by atoms with E-state index in [2.05, 4.69) is 24.1 Å². The van der Waals surface area contributed by atoms with Gasteiger partial charge in [0.2, 0.25) is 0 Å². The molecule has 0 bridgehead atoms. The van der Waals surface area contributed by atoms with Crippen molar-refractivity contribution >= 4 is 0 Å². The van der Waals surface area contributed by atoms with Crippen LogP contribution in [0.3, 0.4) is 0 Å². The fourth-order valence-corrected chi connectivity index (χ4v) is 2.60. The van der Waals surface area contributed by atoms with E-state index in [0.29, 0.717) is 6.04 Å². The van der Waals surface area contributed by atoms with E-state index in [1.54, 1.807) is 12.1 Å². The molecule has 0 spiro atoms. The quantitative estimate of drug-likeness (QED) is 0.868. The van der Waals surface area contributed by atoms with E-state index in [-0.39, 0.29) is 11.9 Å². The Hall–Kier alpha value is -0.930. The summed E-state index contributed by atoms with van der Waals surface area (Å²) in [6.45, 7) is 7.45. The molecule has 0 aliphatic carbocycles. The van der Waals surface area contributed by atoms with Crippen molar-refractivity contribution in [1.82, 2.24) is 10.2 Å². The molecule has 100 valence electrons. The second-order valence-electron chi connectivity index (χ2n) is 5.23. The lowest BCUT2D eigenvalue weighted by Gasteiger charge is -2.33. The average Bonchev–Trinajstić information content (AvgIpc) is 2.34. The molecule has 1 heterocycles. The normalized spacial score (nSPS) is 24.3. The zero-order valence-electron chi connectivity index (χ0n) is 11.3. The zero-order chi connectivity index (χ0) is 13.0. The summed E-state index contributed by atoms with van der Waals surface area (Å²) in [4.78, 5) is 2.40. The molecule has 1 saturated heterocycles. The van der Waals surface area contributed by atoms with Crippen molar-refractivity contribution in [1.29, 1.82) is 0 Å². The predicted octanol–water partition coefficient (Wildman–Crippen LogP) is 2.96. The number of rotatable bonds is 2. The highest BCUT2D eigenvalue weighted by Crippen LogP contribution is 2.23. The number of hydrogen-bond acceptors (Lipinski definition) is 2. The summed E-state index contributed by atoms with van der Waals surface area (Å²) in [7, 11) is 0. The van der Waals surface area contributed by atoms with Crippen LogP contribution >= 0.6 is 0 Å². The minimum atomic E-state index is -0.0850. The molecule has 0 amide bonds. The monoisotopic (exact) mass is 250 g/mol. The van der Waals surface area contributed by atoms with Gasteiger partial charge in [-0.05, 0) is 45.8 Å². The Balaban J connectivity index is 2.07. The van der Waals surface area contributed by atoms with E-state index in [0.717, 1.165) is 38.0 Å².